The van der Waals surface area contributed by atoms with Gasteiger partial charge in [0.15, 0.2) is 0 Å². The number of nitrogens with zero attached hydrogens (tertiary/aromatic N) is 3. The summed E-state index contributed by atoms with van der Waals surface area (Å²) in [6, 6.07) is 11.8. The number of alkyl halides is 3. The third kappa shape index (κ3) is 2.85. The summed E-state index contributed by atoms with van der Waals surface area (Å²) in [5.41, 5.74) is -1.08. The monoisotopic (exact) mass is 401 g/mol. The molecule has 1 N–H and O–H groups in total. The Morgan fingerprint density at radius 3 is 2.28 bits per heavy atom. The topological polar surface area (TPSA) is 67.6 Å². The normalized spacial score (nSPS) is 20.7. The van der Waals surface area contributed by atoms with Crippen molar-refractivity contribution in [2.24, 2.45) is 0 Å². The lowest BCUT2D eigenvalue weighted by Gasteiger charge is -2.44. The number of carbonyl (C=O) groups excluding carboxylic acids is 1. The number of hydrogen-bond donors (Lipinski definition) is 1. The molecular weight excluding hydrogens is 383 g/mol. The average Bonchev–Trinajstić information content (AvgIpc) is 2.88. The fourth-order valence-electron chi connectivity index (χ4n) is 4.09. The lowest BCUT2D eigenvalue weighted by atomic mass is 9.75. The van der Waals surface area contributed by atoms with Crippen LogP contribution in [0.15, 0.2) is 42.5 Å². The number of hydrogen-bond acceptors (Lipinski definition) is 4. The van der Waals surface area contributed by atoms with Gasteiger partial charge >= 0.3 is 6.18 Å². The average molecular weight is 401 g/mol. The first-order chi connectivity index (χ1) is 13.7. The molecular formula is C21H18F3N3O2. The zero-order chi connectivity index (χ0) is 21.0. The molecule has 2 fully saturated rings. The smallest absolute Gasteiger partial charge is 0.356 e. The predicted molar refractivity (Wildman–Crippen MR) is 99.9 cm³/mol. The van der Waals surface area contributed by atoms with Crippen molar-refractivity contribution in [3.63, 3.8) is 0 Å². The maximum absolute atomic E-state index is 13.4. The maximum Gasteiger partial charge on any atom is 0.417 e. The molecule has 1 aliphatic carbocycles. The van der Waals surface area contributed by atoms with Gasteiger partial charge in [-0.2, -0.15) is 18.4 Å². The van der Waals surface area contributed by atoms with Crippen LogP contribution in [0.2, 0.25) is 0 Å². The number of carbonyl (C=O) groups is 1. The van der Waals surface area contributed by atoms with Gasteiger partial charge < -0.3 is 10.0 Å². The molecule has 0 bridgehead atoms. The number of nitriles is 1. The minimum atomic E-state index is -4.75. The van der Waals surface area contributed by atoms with E-state index in [2.05, 4.69) is 0 Å². The molecule has 1 unspecified atom stereocenters. The Morgan fingerprint density at radius 1 is 1.14 bits per heavy atom. The fourth-order valence-corrected chi connectivity index (χ4v) is 4.09. The van der Waals surface area contributed by atoms with Gasteiger partial charge in [0.1, 0.15) is 5.54 Å². The summed E-state index contributed by atoms with van der Waals surface area (Å²) in [5, 5.41) is 20.0. The molecule has 1 aliphatic heterocycles. The Morgan fingerprint density at radius 2 is 1.76 bits per heavy atom. The molecule has 29 heavy (non-hydrogen) atoms. The summed E-state index contributed by atoms with van der Waals surface area (Å²) in [6.07, 6.45) is -4.39. The van der Waals surface area contributed by atoms with Crippen LogP contribution in [-0.2, 0) is 11.0 Å². The second-order valence-corrected chi connectivity index (χ2v) is 7.45. The van der Waals surface area contributed by atoms with Gasteiger partial charge in [-0.15, -0.1) is 0 Å². The van der Waals surface area contributed by atoms with E-state index >= 15 is 0 Å². The van der Waals surface area contributed by atoms with Crippen LogP contribution >= 0.6 is 0 Å². The molecule has 1 spiro atoms. The van der Waals surface area contributed by atoms with Crippen molar-refractivity contribution in [3.05, 3.63) is 59.2 Å². The van der Waals surface area contributed by atoms with E-state index in [4.69, 9.17) is 5.26 Å². The van der Waals surface area contributed by atoms with E-state index in [9.17, 15) is 23.1 Å². The highest BCUT2D eigenvalue weighted by Gasteiger charge is 2.60. The van der Waals surface area contributed by atoms with Crippen molar-refractivity contribution < 1.29 is 23.1 Å². The minimum Gasteiger partial charge on any atom is -0.356 e. The van der Waals surface area contributed by atoms with E-state index in [1.807, 2.05) is 19.1 Å². The lowest BCUT2D eigenvalue weighted by molar-refractivity contribution is -0.137. The molecule has 150 valence electrons. The molecule has 5 nitrogen and oxygen atoms in total. The zero-order valence-corrected chi connectivity index (χ0v) is 15.6. The van der Waals surface area contributed by atoms with Crippen molar-refractivity contribution in [1.29, 1.82) is 5.26 Å². The summed E-state index contributed by atoms with van der Waals surface area (Å²) in [7, 11) is 0. The zero-order valence-electron chi connectivity index (χ0n) is 15.6. The fraction of sp³-hybridized carbons (Fsp3) is 0.333. The number of aryl methyl sites for hydroxylation is 1. The highest BCUT2D eigenvalue weighted by molar-refractivity contribution is 6.07. The number of anilines is 2. The Bertz CT molecular complexity index is 1010. The first kappa shape index (κ1) is 19.3. The van der Waals surface area contributed by atoms with Crippen molar-refractivity contribution in [2.45, 2.75) is 44.3 Å². The third-order valence-electron chi connectivity index (χ3n) is 5.74. The largest absolute Gasteiger partial charge is 0.417 e. The van der Waals surface area contributed by atoms with Crippen LogP contribution in [0.3, 0.4) is 0 Å². The van der Waals surface area contributed by atoms with Crippen LogP contribution in [0.5, 0.6) is 0 Å². The van der Waals surface area contributed by atoms with Gasteiger partial charge in [-0.3, -0.25) is 9.69 Å². The lowest BCUT2D eigenvalue weighted by Crippen LogP contribution is -2.56. The van der Waals surface area contributed by atoms with E-state index in [0.29, 0.717) is 18.5 Å². The maximum atomic E-state index is 13.4. The van der Waals surface area contributed by atoms with E-state index < -0.39 is 35.1 Å². The van der Waals surface area contributed by atoms with Gasteiger partial charge in [-0.1, -0.05) is 17.7 Å². The van der Waals surface area contributed by atoms with Crippen LogP contribution < -0.4 is 9.80 Å². The van der Waals surface area contributed by atoms with Gasteiger partial charge in [-0.05, 0) is 56.5 Å². The van der Waals surface area contributed by atoms with E-state index in [1.165, 1.54) is 12.1 Å². The van der Waals surface area contributed by atoms with Crippen LogP contribution in [0, 0.1) is 18.3 Å². The molecule has 0 aromatic heterocycles. The van der Waals surface area contributed by atoms with Crippen molar-refractivity contribution in [2.75, 3.05) is 9.80 Å². The van der Waals surface area contributed by atoms with Gasteiger partial charge in [0, 0.05) is 11.4 Å². The van der Waals surface area contributed by atoms with Crippen molar-refractivity contribution >= 4 is 17.3 Å². The summed E-state index contributed by atoms with van der Waals surface area (Å²) >= 11 is 0. The van der Waals surface area contributed by atoms with Crippen molar-refractivity contribution in [3.8, 4) is 6.07 Å². The Hall–Kier alpha value is -3.05. The highest BCUT2D eigenvalue weighted by Crippen LogP contribution is 2.49. The second kappa shape index (κ2) is 6.49. The number of aliphatic hydroxyl groups is 1. The SMILES string of the molecule is Cc1ccc(N2C(O)N(c3ccc(C#N)c(C(F)(F)F)c3)C(=O)C23CCC3)cc1. The molecule has 0 radical (unpaired) electrons. The van der Waals surface area contributed by atoms with Gasteiger partial charge in [0.25, 0.3) is 5.91 Å². The molecule has 1 amide bonds. The molecule has 1 saturated heterocycles. The predicted octanol–water partition coefficient (Wildman–Crippen LogP) is 3.94. The third-order valence-corrected chi connectivity index (χ3v) is 5.74. The second-order valence-electron chi connectivity index (χ2n) is 7.45. The highest BCUT2D eigenvalue weighted by atomic mass is 19.4. The van der Waals surface area contributed by atoms with Gasteiger partial charge in [-0.25, -0.2) is 0 Å². The first-order valence-corrected chi connectivity index (χ1v) is 9.18. The van der Waals surface area contributed by atoms with Crippen LogP contribution in [0.4, 0.5) is 24.5 Å². The molecule has 2 aromatic carbocycles. The summed E-state index contributed by atoms with van der Waals surface area (Å²) in [4.78, 5) is 15.8. The molecule has 8 heteroatoms. The Labute approximate surface area is 165 Å². The number of aliphatic hydroxyl groups excluding tert-OH is 1. The van der Waals surface area contributed by atoms with Gasteiger partial charge in [0.05, 0.1) is 17.2 Å². The van der Waals surface area contributed by atoms with Gasteiger partial charge in [0.2, 0.25) is 6.35 Å². The molecule has 2 aromatic rings. The van der Waals surface area contributed by atoms with Crippen LogP contribution in [0.25, 0.3) is 0 Å². The number of amides is 1. The number of rotatable bonds is 2. The number of halogens is 3. The molecule has 1 heterocycles. The van der Waals surface area contributed by atoms with E-state index in [0.717, 1.165) is 29.0 Å². The minimum absolute atomic E-state index is 0.0882. The summed E-state index contributed by atoms with van der Waals surface area (Å²) in [5.74, 6) is -0.436. The van der Waals surface area contributed by atoms with Crippen LogP contribution in [0.1, 0.15) is 36.0 Å². The summed E-state index contributed by atoms with van der Waals surface area (Å²) < 4.78 is 40.1. The van der Waals surface area contributed by atoms with Crippen molar-refractivity contribution in [1.82, 2.24) is 0 Å². The quantitative estimate of drug-likeness (QED) is 0.828. The Balaban J connectivity index is 1.81. The molecule has 1 saturated carbocycles. The van der Waals surface area contributed by atoms with Crippen LogP contribution in [-0.4, -0.2) is 22.9 Å². The molecule has 2 aliphatic rings. The molecule has 4 rings (SSSR count). The first-order valence-electron chi connectivity index (χ1n) is 9.18. The number of benzene rings is 2. The molecule has 1 atom stereocenters. The van der Waals surface area contributed by atoms with E-state index in [1.54, 1.807) is 17.0 Å². The summed E-state index contributed by atoms with van der Waals surface area (Å²) in [6.45, 7) is 1.91. The standard InChI is InChI=1S/C21H18F3N3O2/c1-13-3-6-15(7-4-13)27-19(29)26(18(28)20(27)9-2-10-20)16-8-5-14(12-25)17(11-16)21(22,23)24/h3-8,11,19,29H,2,9-10H2,1H3. The Kier molecular flexibility index (Phi) is 4.32. The van der Waals surface area contributed by atoms with E-state index in [-0.39, 0.29) is 5.69 Å².